The van der Waals surface area contributed by atoms with Crippen molar-refractivity contribution in [3.63, 3.8) is 0 Å². The summed E-state index contributed by atoms with van der Waals surface area (Å²) in [6, 6.07) is 12.8. The first-order chi connectivity index (χ1) is 13.3. The normalized spacial score (nSPS) is 10.3. The van der Waals surface area contributed by atoms with Gasteiger partial charge in [-0.25, -0.2) is 4.79 Å². The molecule has 0 aliphatic carbocycles. The van der Waals surface area contributed by atoms with Crippen molar-refractivity contribution in [1.82, 2.24) is 10.2 Å². The lowest BCUT2D eigenvalue weighted by molar-refractivity contribution is -0.133. The van der Waals surface area contributed by atoms with Gasteiger partial charge < -0.3 is 15.0 Å². The maximum Gasteiger partial charge on any atom is 0.338 e. The molecule has 2 rings (SSSR count). The molecule has 2 aromatic rings. The lowest BCUT2D eigenvalue weighted by Gasteiger charge is -2.18. The topological polar surface area (TPSA) is 75.7 Å². The highest BCUT2D eigenvalue weighted by Crippen LogP contribution is 2.13. The van der Waals surface area contributed by atoms with Gasteiger partial charge in [0.15, 0.2) is 6.61 Å². The lowest BCUT2D eigenvalue weighted by Crippen LogP contribution is -2.31. The van der Waals surface area contributed by atoms with Crippen LogP contribution in [0.1, 0.15) is 39.5 Å². The summed E-state index contributed by atoms with van der Waals surface area (Å²) in [7, 11) is 1.69. The summed E-state index contributed by atoms with van der Waals surface area (Å²) >= 11 is 0. The Kier molecular flexibility index (Phi) is 7.32. The van der Waals surface area contributed by atoms with Crippen molar-refractivity contribution >= 4 is 17.8 Å². The zero-order valence-electron chi connectivity index (χ0n) is 16.7. The number of benzene rings is 2. The summed E-state index contributed by atoms with van der Waals surface area (Å²) in [6.45, 7) is 6.02. The van der Waals surface area contributed by atoms with Gasteiger partial charge in [-0.15, -0.1) is 0 Å². The third kappa shape index (κ3) is 6.23. The number of carbonyl (C=O) groups excluding carboxylic acids is 3. The first-order valence-electron chi connectivity index (χ1n) is 9.07. The third-order valence-corrected chi connectivity index (χ3v) is 4.39. The van der Waals surface area contributed by atoms with Crippen LogP contribution >= 0.6 is 0 Å². The molecule has 0 heterocycles. The number of hydrogen-bond acceptors (Lipinski definition) is 4. The maximum atomic E-state index is 12.3. The third-order valence-electron chi connectivity index (χ3n) is 4.39. The van der Waals surface area contributed by atoms with Gasteiger partial charge in [0.2, 0.25) is 5.91 Å². The van der Waals surface area contributed by atoms with Gasteiger partial charge >= 0.3 is 5.97 Å². The Hall–Kier alpha value is -3.15. The fraction of sp³-hybridized carbons (Fsp3) is 0.318. The molecule has 0 aromatic heterocycles. The monoisotopic (exact) mass is 382 g/mol. The summed E-state index contributed by atoms with van der Waals surface area (Å²) in [5.41, 5.74) is 4.58. The van der Waals surface area contributed by atoms with Gasteiger partial charge in [-0.2, -0.15) is 0 Å². The largest absolute Gasteiger partial charge is 0.452 e. The zero-order chi connectivity index (χ0) is 20.7. The van der Waals surface area contributed by atoms with Crippen molar-refractivity contribution in [2.45, 2.75) is 33.9 Å². The molecule has 0 spiro atoms. The Balaban J connectivity index is 1.85. The van der Waals surface area contributed by atoms with E-state index in [1.165, 1.54) is 12.5 Å². The van der Waals surface area contributed by atoms with Crippen LogP contribution in [0.2, 0.25) is 0 Å². The van der Waals surface area contributed by atoms with Gasteiger partial charge in [-0.3, -0.25) is 9.59 Å². The predicted molar refractivity (Wildman–Crippen MR) is 107 cm³/mol. The Morgan fingerprint density at radius 1 is 1.04 bits per heavy atom. The van der Waals surface area contributed by atoms with Crippen LogP contribution in [0, 0.1) is 13.8 Å². The van der Waals surface area contributed by atoms with E-state index in [4.69, 9.17) is 4.74 Å². The van der Waals surface area contributed by atoms with E-state index in [1.54, 1.807) is 36.2 Å². The second-order valence-corrected chi connectivity index (χ2v) is 6.86. The number of amides is 2. The second-order valence-electron chi connectivity index (χ2n) is 6.86. The quantitative estimate of drug-likeness (QED) is 0.747. The second kappa shape index (κ2) is 9.69. The number of nitrogens with one attached hydrogen (secondary N) is 1. The van der Waals surface area contributed by atoms with E-state index in [-0.39, 0.29) is 18.4 Å². The van der Waals surface area contributed by atoms with Gasteiger partial charge in [-0.05, 0) is 42.7 Å². The van der Waals surface area contributed by atoms with E-state index < -0.39 is 5.97 Å². The SMILES string of the molecule is CC(=O)NCc1ccc(C(=O)OCC(=O)N(C)Cc2ccc(C)cc2C)cc1. The predicted octanol–water partition coefficient (Wildman–Crippen LogP) is 2.75. The minimum atomic E-state index is -0.556. The molecule has 2 amide bonds. The van der Waals surface area contributed by atoms with Gasteiger partial charge in [-0.1, -0.05) is 35.9 Å². The summed E-state index contributed by atoms with van der Waals surface area (Å²) < 4.78 is 5.14. The standard InChI is InChI=1S/C22H26N2O4/c1-15-5-8-20(16(2)11-15)13-24(4)21(26)14-28-22(27)19-9-6-18(7-10-19)12-23-17(3)25/h5-11H,12-14H2,1-4H3,(H,23,25). The van der Waals surface area contributed by atoms with Crippen molar-refractivity contribution in [3.05, 3.63) is 70.3 Å². The molecular weight excluding hydrogens is 356 g/mol. The summed E-state index contributed by atoms with van der Waals surface area (Å²) in [5.74, 6) is -0.943. The van der Waals surface area contributed by atoms with Crippen LogP contribution in [-0.4, -0.2) is 36.3 Å². The van der Waals surface area contributed by atoms with Crippen molar-refractivity contribution < 1.29 is 19.1 Å². The van der Waals surface area contributed by atoms with Gasteiger partial charge in [0.05, 0.1) is 5.56 Å². The summed E-state index contributed by atoms with van der Waals surface area (Å²) in [4.78, 5) is 36.9. The van der Waals surface area contributed by atoms with Crippen molar-refractivity contribution in [2.75, 3.05) is 13.7 Å². The first kappa shape index (κ1) is 21.2. The number of likely N-dealkylation sites (N-methyl/N-ethyl adjacent to an activating group) is 1. The van der Waals surface area contributed by atoms with Crippen LogP contribution in [0.3, 0.4) is 0 Å². The number of aryl methyl sites for hydroxylation is 2. The van der Waals surface area contributed by atoms with Gasteiger partial charge in [0, 0.05) is 27.1 Å². The Labute approximate surface area is 165 Å². The van der Waals surface area contributed by atoms with E-state index in [1.807, 2.05) is 26.0 Å². The minimum Gasteiger partial charge on any atom is -0.452 e. The smallest absolute Gasteiger partial charge is 0.338 e. The maximum absolute atomic E-state index is 12.3. The van der Waals surface area contributed by atoms with Gasteiger partial charge in [0.1, 0.15) is 0 Å². The highest BCUT2D eigenvalue weighted by Gasteiger charge is 2.14. The van der Waals surface area contributed by atoms with E-state index in [0.29, 0.717) is 18.7 Å². The average molecular weight is 382 g/mol. The molecule has 1 N–H and O–H groups in total. The highest BCUT2D eigenvalue weighted by atomic mass is 16.5. The zero-order valence-corrected chi connectivity index (χ0v) is 16.7. The van der Waals surface area contributed by atoms with Crippen LogP contribution in [0.4, 0.5) is 0 Å². The van der Waals surface area contributed by atoms with Crippen molar-refractivity contribution in [3.8, 4) is 0 Å². The lowest BCUT2D eigenvalue weighted by atomic mass is 10.1. The molecule has 0 fully saturated rings. The molecule has 0 saturated heterocycles. The molecule has 0 radical (unpaired) electrons. The van der Waals surface area contributed by atoms with Crippen LogP contribution in [0.5, 0.6) is 0 Å². The minimum absolute atomic E-state index is 0.119. The summed E-state index contributed by atoms with van der Waals surface area (Å²) in [6.07, 6.45) is 0. The van der Waals surface area contributed by atoms with Crippen LogP contribution in [-0.2, 0) is 27.4 Å². The molecule has 6 heteroatoms. The van der Waals surface area contributed by atoms with Crippen LogP contribution in [0.15, 0.2) is 42.5 Å². The molecule has 148 valence electrons. The Morgan fingerprint density at radius 3 is 2.32 bits per heavy atom. The Bertz CT molecular complexity index is 859. The molecule has 0 unspecified atom stereocenters. The molecule has 2 aromatic carbocycles. The number of ether oxygens (including phenoxy) is 1. The van der Waals surface area contributed by atoms with E-state index in [2.05, 4.69) is 11.4 Å². The van der Waals surface area contributed by atoms with Crippen molar-refractivity contribution in [2.24, 2.45) is 0 Å². The number of esters is 1. The molecular formula is C22H26N2O4. The first-order valence-corrected chi connectivity index (χ1v) is 9.07. The average Bonchev–Trinajstić information content (AvgIpc) is 2.66. The molecule has 6 nitrogen and oxygen atoms in total. The van der Waals surface area contributed by atoms with E-state index >= 15 is 0 Å². The molecule has 0 atom stereocenters. The molecule has 28 heavy (non-hydrogen) atoms. The fourth-order valence-electron chi connectivity index (χ4n) is 2.67. The van der Waals surface area contributed by atoms with E-state index in [9.17, 15) is 14.4 Å². The van der Waals surface area contributed by atoms with E-state index in [0.717, 1.165) is 16.7 Å². The van der Waals surface area contributed by atoms with Crippen LogP contribution < -0.4 is 5.32 Å². The van der Waals surface area contributed by atoms with Crippen molar-refractivity contribution in [1.29, 1.82) is 0 Å². The molecule has 0 aliphatic heterocycles. The summed E-state index contributed by atoms with van der Waals surface area (Å²) in [5, 5.41) is 2.68. The van der Waals surface area contributed by atoms with Gasteiger partial charge in [0.25, 0.3) is 5.91 Å². The molecule has 0 bridgehead atoms. The van der Waals surface area contributed by atoms with Crippen LogP contribution in [0.25, 0.3) is 0 Å². The number of rotatable bonds is 7. The highest BCUT2D eigenvalue weighted by molar-refractivity contribution is 5.91. The number of hydrogen-bond donors (Lipinski definition) is 1. The molecule has 0 saturated carbocycles. The number of carbonyl (C=O) groups is 3. The fourth-order valence-corrected chi connectivity index (χ4v) is 2.67. The molecule has 0 aliphatic rings. The Morgan fingerprint density at radius 2 is 1.71 bits per heavy atom. The number of nitrogens with zero attached hydrogens (tertiary/aromatic N) is 1.